The molecule has 42 heavy (non-hydrogen) atoms. The van der Waals surface area contributed by atoms with E-state index in [1.807, 2.05) is 48.5 Å². The summed E-state index contributed by atoms with van der Waals surface area (Å²) in [6.07, 6.45) is 1.57. The SMILES string of the molecule is Nc1ccccc1C(=O)N/N=C\C12c3ccccc3C(c3ccccc31)[C@@H]1C(=O)N(c3ccc([N+](=O)[O-])cc3)C(=O)[C@@H]12. The normalized spacial score (nSPS) is 23.4. The smallest absolute Gasteiger partial charge is 0.273 e. The van der Waals surface area contributed by atoms with E-state index in [0.29, 0.717) is 5.69 Å². The van der Waals surface area contributed by atoms with Crippen molar-refractivity contribution in [2.24, 2.45) is 16.9 Å². The van der Waals surface area contributed by atoms with E-state index in [9.17, 15) is 24.5 Å². The maximum Gasteiger partial charge on any atom is 0.273 e. The molecule has 1 fully saturated rings. The molecule has 4 aliphatic rings. The van der Waals surface area contributed by atoms with Crippen molar-refractivity contribution >= 4 is 41.0 Å². The summed E-state index contributed by atoms with van der Waals surface area (Å²) in [6.45, 7) is 0. The molecule has 4 aromatic rings. The Labute approximate surface area is 239 Å². The van der Waals surface area contributed by atoms with Gasteiger partial charge >= 0.3 is 0 Å². The standard InChI is InChI=1S/C32H23N5O5/c33-25-12-6-3-9-22(25)29(38)35-34-17-32-23-10-4-1-7-20(23)26(21-8-2-5-11-24(21)32)27-28(32)31(40)36(30(27)39)18-13-15-19(16-14-18)37(41)42/h1-17,26-28H,33H2,(H,35,38)/b34-17-/t26?,27-,28+,32?/m0/s1. The van der Waals surface area contributed by atoms with Crippen LogP contribution in [0.4, 0.5) is 17.1 Å². The van der Waals surface area contributed by atoms with Crippen molar-refractivity contribution in [2.75, 3.05) is 10.6 Å². The van der Waals surface area contributed by atoms with Gasteiger partial charge in [-0.25, -0.2) is 10.3 Å². The zero-order valence-electron chi connectivity index (χ0n) is 22.0. The van der Waals surface area contributed by atoms with Crippen LogP contribution in [0.1, 0.15) is 38.5 Å². The van der Waals surface area contributed by atoms with Crippen LogP contribution in [0.15, 0.2) is 102 Å². The lowest BCUT2D eigenvalue weighted by Crippen LogP contribution is -2.54. The number of hydrogen-bond donors (Lipinski definition) is 2. The lowest BCUT2D eigenvalue weighted by Gasteiger charge is -2.52. The van der Waals surface area contributed by atoms with Gasteiger partial charge in [0, 0.05) is 30.0 Å². The highest BCUT2D eigenvalue weighted by atomic mass is 16.6. The van der Waals surface area contributed by atoms with Gasteiger partial charge in [-0.15, -0.1) is 0 Å². The number of amides is 3. The number of imide groups is 1. The Hall–Kier alpha value is -5.64. The summed E-state index contributed by atoms with van der Waals surface area (Å²) in [6, 6.07) is 27.4. The highest BCUT2D eigenvalue weighted by Gasteiger charge is 2.68. The predicted molar refractivity (Wildman–Crippen MR) is 155 cm³/mol. The Kier molecular flexibility index (Phi) is 5.55. The second kappa shape index (κ2) is 9.20. The molecular weight excluding hydrogens is 534 g/mol. The number of para-hydroxylation sites is 1. The molecule has 1 heterocycles. The number of anilines is 2. The third kappa shape index (κ3) is 3.38. The van der Waals surface area contributed by atoms with Gasteiger partial charge in [0.1, 0.15) is 0 Å². The highest BCUT2D eigenvalue weighted by molar-refractivity contribution is 6.25. The molecular formula is C32H23N5O5. The molecule has 0 saturated carbocycles. The number of nitro benzene ring substituents is 1. The average Bonchev–Trinajstić information content (AvgIpc) is 3.28. The summed E-state index contributed by atoms with van der Waals surface area (Å²) in [5, 5.41) is 15.6. The van der Waals surface area contributed by atoms with Gasteiger partial charge in [0.15, 0.2) is 0 Å². The fraction of sp³-hybridized carbons (Fsp3) is 0.125. The molecule has 1 saturated heterocycles. The average molecular weight is 558 g/mol. The summed E-state index contributed by atoms with van der Waals surface area (Å²) in [4.78, 5) is 53.3. The number of non-ortho nitro benzene ring substituents is 1. The minimum atomic E-state index is -1.18. The third-order valence-electron chi connectivity index (χ3n) is 8.64. The van der Waals surface area contributed by atoms with Crippen LogP contribution in [-0.4, -0.2) is 28.9 Å². The highest BCUT2D eigenvalue weighted by Crippen LogP contribution is 2.63. The number of nitrogens with zero attached hydrogens (tertiary/aromatic N) is 3. The van der Waals surface area contributed by atoms with E-state index >= 15 is 0 Å². The molecule has 1 aliphatic heterocycles. The van der Waals surface area contributed by atoms with E-state index in [1.54, 1.807) is 30.5 Å². The number of carbonyl (C=O) groups is 3. The van der Waals surface area contributed by atoms with Crippen molar-refractivity contribution < 1.29 is 19.3 Å². The molecule has 0 aromatic heterocycles. The Morgan fingerprint density at radius 2 is 1.48 bits per heavy atom. The van der Waals surface area contributed by atoms with Gasteiger partial charge in [0.25, 0.3) is 11.6 Å². The van der Waals surface area contributed by atoms with E-state index in [0.717, 1.165) is 27.2 Å². The molecule has 10 nitrogen and oxygen atoms in total. The first-order chi connectivity index (χ1) is 20.3. The first-order valence-corrected chi connectivity index (χ1v) is 13.3. The molecule has 0 unspecified atom stereocenters. The fourth-order valence-corrected chi connectivity index (χ4v) is 6.98. The zero-order valence-corrected chi connectivity index (χ0v) is 22.0. The first kappa shape index (κ1) is 25.3. The van der Waals surface area contributed by atoms with Crippen molar-refractivity contribution in [3.05, 3.63) is 135 Å². The lowest BCUT2D eigenvalue weighted by atomic mass is 9.47. The molecule has 2 bridgehead atoms. The van der Waals surface area contributed by atoms with Crippen molar-refractivity contribution in [1.29, 1.82) is 0 Å². The molecule has 2 atom stereocenters. The molecule has 4 aromatic carbocycles. The summed E-state index contributed by atoms with van der Waals surface area (Å²) < 4.78 is 0. The Balaban J connectivity index is 1.39. The van der Waals surface area contributed by atoms with E-state index in [4.69, 9.17) is 5.73 Å². The van der Waals surface area contributed by atoms with Gasteiger partial charge < -0.3 is 5.73 Å². The summed E-state index contributed by atoms with van der Waals surface area (Å²) >= 11 is 0. The monoisotopic (exact) mass is 557 g/mol. The van der Waals surface area contributed by atoms with Crippen LogP contribution < -0.4 is 16.1 Å². The van der Waals surface area contributed by atoms with Crippen LogP contribution in [0.3, 0.4) is 0 Å². The number of benzene rings is 4. The first-order valence-electron chi connectivity index (χ1n) is 13.3. The number of nitrogens with two attached hydrogens (primary N) is 1. The number of nitrogen functional groups attached to an aromatic ring is 1. The number of hydrogen-bond acceptors (Lipinski definition) is 7. The lowest BCUT2D eigenvalue weighted by molar-refractivity contribution is -0.384. The summed E-state index contributed by atoms with van der Waals surface area (Å²) in [7, 11) is 0. The van der Waals surface area contributed by atoms with Crippen molar-refractivity contribution in [3.8, 4) is 0 Å². The second-order valence-electron chi connectivity index (χ2n) is 10.6. The van der Waals surface area contributed by atoms with E-state index < -0.39 is 34.0 Å². The largest absolute Gasteiger partial charge is 0.398 e. The molecule has 206 valence electrons. The molecule has 0 radical (unpaired) electrons. The predicted octanol–water partition coefficient (Wildman–Crippen LogP) is 4.14. The van der Waals surface area contributed by atoms with Crippen molar-refractivity contribution in [1.82, 2.24) is 5.43 Å². The van der Waals surface area contributed by atoms with Gasteiger partial charge in [-0.05, 0) is 46.5 Å². The quantitative estimate of drug-likeness (QED) is 0.124. The number of hydrazone groups is 1. The summed E-state index contributed by atoms with van der Waals surface area (Å²) in [5.74, 6) is -3.31. The third-order valence-corrected chi connectivity index (χ3v) is 8.64. The Bertz CT molecular complexity index is 1800. The Morgan fingerprint density at radius 1 is 0.881 bits per heavy atom. The van der Waals surface area contributed by atoms with Crippen LogP contribution in [0, 0.1) is 22.0 Å². The maximum atomic E-state index is 14.4. The van der Waals surface area contributed by atoms with Crippen molar-refractivity contribution in [3.63, 3.8) is 0 Å². The molecule has 0 spiro atoms. The number of nitrogens with one attached hydrogen (secondary N) is 1. The van der Waals surface area contributed by atoms with E-state index in [2.05, 4.69) is 10.5 Å². The minimum Gasteiger partial charge on any atom is -0.398 e. The van der Waals surface area contributed by atoms with Gasteiger partial charge in [-0.1, -0.05) is 60.7 Å². The van der Waals surface area contributed by atoms with Gasteiger partial charge in [-0.2, -0.15) is 5.10 Å². The summed E-state index contributed by atoms with van der Waals surface area (Å²) in [5.41, 5.74) is 11.5. The van der Waals surface area contributed by atoms with Crippen molar-refractivity contribution in [2.45, 2.75) is 11.3 Å². The second-order valence-corrected chi connectivity index (χ2v) is 10.6. The molecule has 3 N–H and O–H groups in total. The van der Waals surface area contributed by atoms with Gasteiger partial charge in [0.2, 0.25) is 11.8 Å². The number of rotatable bonds is 5. The zero-order chi connectivity index (χ0) is 29.2. The molecule has 10 heteroatoms. The number of carbonyl (C=O) groups excluding carboxylic acids is 3. The van der Waals surface area contributed by atoms with Gasteiger partial charge in [0.05, 0.1) is 33.4 Å². The van der Waals surface area contributed by atoms with Crippen LogP contribution in [0.5, 0.6) is 0 Å². The van der Waals surface area contributed by atoms with Gasteiger partial charge in [-0.3, -0.25) is 24.5 Å². The van der Waals surface area contributed by atoms with Crippen LogP contribution >= 0.6 is 0 Å². The van der Waals surface area contributed by atoms with E-state index in [1.165, 1.54) is 24.3 Å². The molecule has 3 aliphatic carbocycles. The van der Waals surface area contributed by atoms with Crippen LogP contribution in [0.25, 0.3) is 0 Å². The van der Waals surface area contributed by atoms with E-state index in [-0.39, 0.29) is 28.8 Å². The maximum absolute atomic E-state index is 14.4. The van der Waals surface area contributed by atoms with Crippen LogP contribution in [0.2, 0.25) is 0 Å². The number of nitro groups is 1. The molecule has 3 amide bonds. The fourth-order valence-electron chi connectivity index (χ4n) is 6.98. The molecule has 8 rings (SSSR count). The topological polar surface area (TPSA) is 148 Å². The minimum absolute atomic E-state index is 0.145. The Morgan fingerprint density at radius 3 is 2.10 bits per heavy atom. The van der Waals surface area contributed by atoms with Crippen LogP contribution in [-0.2, 0) is 15.0 Å².